The third-order valence-electron chi connectivity index (χ3n) is 5.57. The lowest BCUT2D eigenvalue weighted by molar-refractivity contribution is -0.117. The van der Waals surface area contributed by atoms with Gasteiger partial charge in [-0.1, -0.05) is 23.5 Å². The van der Waals surface area contributed by atoms with Crippen molar-refractivity contribution in [2.45, 2.75) is 19.9 Å². The van der Waals surface area contributed by atoms with Gasteiger partial charge in [-0.2, -0.15) is 0 Å². The van der Waals surface area contributed by atoms with Crippen molar-refractivity contribution in [2.24, 2.45) is 0 Å². The molecule has 1 aliphatic heterocycles. The number of aromatic nitrogens is 1. The van der Waals surface area contributed by atoms with Crippen LogP contribution in [-0.2, 0) is 4.79 Å². The van der Waals surface area contributed by atoms with Crippen molar-refractivity contribution in [2.75, 3.05) is 18.1 Å². The number of carbonyl (C=O) groups is 2. The summed E-state index contributed by atoms with van der Waals surface area (Å²) < 4.78 is 17.2. The van der Waals surface area contributed by atoms with Crippen LogP contribution in [0.25, 0.3) is 10.2 Å². The number of hydrogen-bond donors (Lipinski definition) is 1. The molecule has 178 valence electrons. The number of nitrogens with zero attached hydrogens (tertiary/aromatic N) is 2. The maximum atomic E-state index is 13.3. The zero-order chi connectivity index (χ0) is 24.5. The molecule has 4 aromatic rings. The Labute approximate surface area is 205 Å². The van der Waals surface area contributed by atoms with E-state index in [0.29, 0.717) is 40.9 Å². The van der Waals surface area contributed by atoms with Crippen LogP contribution in [0.4, 0.5) is 5.13 Å². The molecule has 1 amide bonds. The molecule has 5 rings (SSSR count). The number of Topliss-reactive ketones (excluding diaryl/α,β-unsaturated/α-hetero) is 1. The summed E-state index contributed by atoms with van der Waals surface area (Å²) in [5.41, 5.74) is 1.23. The van der Waals surface area contributed by atoms with Gasteiger partial charge in [-0.25, -0.2) is 4.98 Å². The Bertz CT molecular complexity index is 1420. The summed E-state index contributed by atoms with van der Waals surface area (Å²) >= 11 is 1.28. The van der Waals surface area contributed by atoms with E-state index in [-0.39, 0.29) is 11.3 Å². The van der Waals surface area contributed by atoms with E-state index in [1.807, 2.05) is 32.0 Å². The molecule has 1 aliphatic rings. The van der Waals surface area contributed by atoms with E-state index in [1.54, 1.807) is 30.3 Å². The average molecular weight is 491 g/mol. The summed E-state index contributed by atoms with van der Waals surface area (Å²) in [6, 6.07) is 14.7. The second kappa shape index (κ2) is 9.27. The molecule has 2 aromatic heterocycles. The van der Waals surface area contributed by atoms with Crippen LogP contribution < -0.4 is 14.4 Å². The van der Waals surface area contributed by atoms with E-state index >= 15 is 0 Å². The fraction of sp³-hybridized carbons (Fsp3) is 0.192. The minimum atomic E-state index is -0.900. The molecule has 1 atom stereocenters. The van der Waals surface area contributed by atoms with Gasteiger partial charge in [0.2, 0.25) is 5.78 Å². The van der Waals surface area contributed by atoms with Crippen LogP contribution in [0.1, 0.15) is 36.0 Å². The first-order valence-electron chi connectivity index (χ1n) is 11.1. The number of aliphatic hydroxyl groups is 1. The van der Waals surface area contributed by atoms with Gasteiger partial charge in [-0.15, -0.1) is 0 Å². The third kappa shape index (κ3) is 4.04. The first-order valence-corrected chi connectivity index (χ1v) is 11.9. The van der Waals surface area contributed by atoms with E-state index in [1.165, 1.54) is 28.6 Å². The summed E-state index contributed by atoms with van der Waals surface area (Å²) in [6.45, 7) is 4.82. The standard InChI is InChI=1S/C26H22N2O6S/c1-3-32-16-9-7-15(8-10-16)22-21(23(29)19-6-5-13-34-19)24(30)25(31)28(22)26-27-18-12-11-17(33-4-2)14-20(18)35-26/h5-14,22,30H,3-4H2,1-2H3. The van der Waals surface area contributed by atoms with Crippen LogP contribution in [0.2, 0.25) is 0 Å². The molecule has 0 saturated heterocycles. The van der Waals surface area contributed by atoms with Gasteiger partial charge in [0.05, 0.1) is 41.3 Å². The van der Waals surface area contributed by atoms with Gasteiger partial charge in [0.15, 0.2) is 16.7 Å². The van der Waals surface area contributed by atoms with Crippen molar-refractivity contribution in [3.63, 3.8) is 0 Å². The average Bonchev–Trinajstić information content (AvgIpc) is 3.59. The number of thiazole rings is 1. The number of furan rings is 1. The number of anilines is 1. The number of rotatable bonds is 8. The number of ether oxygens (including phenoxy) is 2. The highest BCUT2D eigenvalue weighted by Gasteiger charge is 2.46. The first-order chi connectivity index (χ1) is 17.0. The largest absolute Gasteiger partial charge is 0.503 e. The van der Waals surface area contributed by atoms with Crippen molar-refractivity contribution in [3.05, 3.63) is 83.5 Å². The van der Waals surface area contributed by atoms with E-state index in [2.05, 4.69) is 4.98 Å². The molecule has 8 nitrogen and oxygen atoms in total. The van der Waals surface area contributed by atoms with E-state index in [4.69, 9.17) is 13.9 Å². The molecule has 0 radical (unpaired) electrons. The van der Waals surface area contributed by atoms with Crippen LogP contribution in [0, 0.1) is 0 Å². The monoisotopic (exact) mass is 490 g/mol. The Hall–Kier alpha value is -4.11. The van der Waals surface area contributed by atoms with E-state index in [9.17, 15) is 14.7 Å². The molecular weight excluding hydrogens is 468 g/mol. The lowest BCUT2D eigenvalue weighted by Crippen LogP contribution is -2.30. The topological polar surface area (TPSA) is 102 Å². The fourth-order valence-corrected chi connectivity index (χ4v) is 5.08. The number of amides is 1. The highest BCUT2D eigenvalue weighted by atomic mass is 32.1. The van der Waals surface area contributed by atoms with E-state index < -0.39 is 23.5 Å². The van der Waals surface area contributed by atoms with Gasteiger partial charge in [-0.05, 0) is 61.9 Å². The van der Waals surface area contributed by atoms with Crippen LogP contribution in [0.5, 0.6) is 11.5 Å². The number of aliphatic hydroxyl groups excluding tert-OH is 1. The Kier molecular flexibility index (Phi) is 6.00. The summed E-state index contributed by atoms with van der Waals surface area (Å²) in [7, 11) is 0. The SMILES string of the molecule is CCOc1ccc(C2C(C(=O)c3ccco3)=C(O)C(=O)N2c2nc3ccc(OCC)cc3s2)cc1. The van der Waals surface area contributed by atoms with E-state index in [0.717, 1.165) is 4.70 Å². The molecule has 0 fully saturated rings. The van der Waals surface area contributed by atoms with Gasteiger partial charge in [-0.3, -0.25) is 14.5 Å². The first kappa shape index (κ1) is 22.7. The molecular formula is C26H22N2O6S. The lowest BCUT2D eigenvalue weighted by atomic mass is 9.95. The van der Waals surface area contributed by atoms with Crippen molar-refractivity contribution < 1.29 is 28.6 Å². The highest BCUT2D eigenvalue weighted by molar-refractivity contribution is 7.22. The van der Waals surface area contributed by atoms with Crippen molar-refractivity contribution in [3.8, 4) is 11.5 Å². The summed E-state index contributed by atoms with van der Waals surface area (Å²) in [5.74, 6) is -0.518. The van der Waals surface area contributed by atoms with Crippen LogP contribution >= 0.6 is 11.3 Å². The Morgan fingerprint density at radius 3 is 2.49 bits per heavy atom. The summed E-state index contributed by atoms with van der Waals surface area (Å²) in [4.78, 5) is 32.7. The molecule has 0 saturated carbocycles. The maximum absolute atomic E-state index is 13.3. The number of carbonyl (C=O) groups excluding carboxylic acids is 2. The zero-order valence-corrected chi connectivity index (χ0v) is 19.9. The molecule has 1 N–H and O–H groups in total. The maximum Gasteiger partial charge on any atom is 0.296 e. The number of benzene rings is 2. The molecule has 3 heterocycles. The van der Waals surface area contributed by atoms with Crippen LogP contribution in [0.15, 0.2) is 76.6 Å². The fourth-order valence-electron chi connectivity index (χ4n) is 4.06. The highest BCUT2D eigenvalue weighted by Crippen LogP contribution is 2.44. The molecule has 35 heavy (non-hydrogen) atoms. The number of hydrogen-bond acceptors (Lipinski definition) is 8. The summed E-state index contributed by atoms with van der Waals surface area (Å²) in [6.07, 6.45) is 1.37. The molecule has 0 bridgehead atoms. The van der Waals surface area contributed by atoms with Gasteiger partial charge in [0.1, 0.15) is 11.5 Å². The zero-order valence-electron chi connectivity index (χ0n) is 19.1. The van der Waals surface area contributed by atoms with Crippen molar-refractivity contribution in [1.29, 1.82) is 0 Å². The van der Waals surface area contributed by atoms with Gasteiger partial charge < -0.3 is 19.0 Å². The minimum Gasteiger partial charge on any atom is -0.503 e. The Balaban J connectivity index is 1.62. The third-order valence-corrected chi connectivity index (χ3v) is 6.59. The van der Waals surface area contributed by atoms with Crippen molar-refractivity contribution >= 4 is 38.4 Å². The molecule has 9 heteroatoms. The quantitative estimate of drug-likeness (QED) is 0.327. The normalized spacial score (nSPS) is 15.8. The van der Waals surface area contributed by atoms with Gasteiger partial charge >= 0.3 is 0 Å². The predicted octanol–water partition coefficient (Wildman–Crippen LogP) is 5.47. The smallest absolute Gasteiger partial charge is 0.296 e. The number of ketones is 1. The Morgan fingerprint density at radius 1 is 1.09 bits per heavy atom. The number of fused-ring (bicyclic) bond motifs is 1. The Morgan fingerprint density at radius 2 is 1.80 bits per heavy atom. The lowest BCUT2D eigenvalue weighted by Gasteiger charge is -2.24. The minimum absolute atomic E-state index is 0.0304. The van der Waals surface area contributed by atoms with Crippen molar-refractivity contribution in [1.82, 2.24) is 4.98 Å². The molecule has 1 unspecified atom stereocenters. The second-order valence-electron chi connectivity index (χ2n) is 7.71. The van der Waals surface area contributed by atoms with Crippen LogP contribution in [-0.4, -0.2) is 35.0 Å². The second-order valence-corrected chi connectivity index (χ2v) is 8.72. The predicted molar refractivity (Wildman–Crippen MR) is 131 cm³/mol. The van der Waals surface area contributed by atoms with Gasteiger partial charge in [0.25, 0.3) is 5.91 Å². The molecule has 2 aromatic carbocycles. The summed E-state index contributed by atoms with van der Waals surface area (Å²) in [5, 5.41) is 11.2. The van der Waals surface area contributed by atoms with Crippen LogP contribution in [0.3, 0.4) is 0 Å². The molecule has 0 aliphatic carbocycles. The van der Waals surface area contributed by atoms with Gasteiger partial charge in [0, 0.05) is 0 Å². The molecule has 0 spiro atoms.